The van der Waals surface area contributed by atoms with Crippen molar-refractivity contribution in [3.05, 3.63) is 58.6 Å². The van der Waals surface area contributed by atoms with Gasteiger partial charge in [0.05, 0.1) is 6.10 Å². The molecule has 6 heteroatoms. The Morgan fingerprint density at radius 2 is 1.97 bits per heavy atom. The molecule has 3 rings (SSSR count). The zero-order valence-electron chi connectivity index (χ0n) is 17.4. The van der Waals surface area contributed by atoms with Crippen molar-refractivity contribution in [2.24, 2.45) is 0 Å². The Labute approximate surface area is 178 Å². The summed E-state index contributed by atoms with van der Waals surface area (Å²) in [6.07, 6.45) is 2.13. The first-order valence-corrected chi connectivity index (χ1v) is 10.3. The van der Waals surface area contributed by atoms with Gasteiger partial charge in [-0.25, -0.2) is 0 Å². The van der Waals surface area contributed by atoms with E-state index in [1.807, 2.05) is 32.0 Å². The molecule has 0 spiro atoms. The topological polar surface area (TPSA) is 42.0 Å². The minimum Gasteiger partial charge on any atom is -0.483 e. The van der Waals surface area contributed by atoms with Gasteiger partial charge in [-0.1, -0.05) is 23.7 Å². The molecular weight excluding hydrogens is 388 g/mol. The Hall–Kier alpha value is -2.24. The van der Waals surface area contributed by atoms with Crippen molar-refractivity contribution >= 4 is 23.2 Å². The Kier molecular flexibility index (Phi) is 7.40. The van der Waals surface area contributed by atoms with Gasteiger partial charge in [-0.15, -0.1) is 0 Å². The third-order valence-corrected chi connectivity index (χ3v) is 5.35. The van der Waals surface area contributed by atoms with Crippen LogP contribution >= 0.6 is 11.6 Å². The van der Waals surface area contributed by atoms with Crippen LogP contribution in [0, 0.1) is 6.92 Å². The second-order valence-electron chi connectivity index (χ2n) is 7.67. The van der Waals surface area contributed by atoms with E-state index < -0.39 is 0 Å². The number of rotatable bonds is 8. The second kappa shape index (κ2) is 9.99. The maximum Gasteiger partial charge on any atom is 0.260 e. The first kappa shape index (κ1) is 21.5. The number of anilines is 1. The Morgan fingerprint density at radius 3 is 2.59 bits per heavy atom. The van der Waals surface area contributed by atoms with Crippen LogP contribution in [0.5, 0.6) is 5.75 Å². The zero-order valence-corrected chi connectivity index (χ0v) is 18.1. The van der Waals surface area contributed by atoms with Crippen molar-refractivity contribution in [2.75, 3.05) is 38.8 Å². The van der Waals surface area contributed by atoms with Gasteiger partial charge in [-0.2, -0.15) is 0 Å². The number of nitrogens with zero attached hydrogens (tertiary/aromatic N) is 2. The van der Waals surface area contributed by atoms with Crippen molar-refractivity contribution in [1.29, 1.82) is 0 Å². The van der Waals surface area contributed by atoms with Crippen LogP contribution in [-0.4, -0.2) is 50.8 Å². The number of aryl methyl sites for hydroxylation is 1. The minimum absolute atomic E-state index is 0.00895. The van der Waals surface area contributed by atoms with Gasteiger partial charge in [0, 0.05) is 44.5 Å². The number of halogens is 1. The minimum atomic E-state index is -0.0495. The monoisotopic (exact) mass is 416 g/mol. The summed E-state index contributed by atoms with van der Waals surface area (Å²) < 4.78 is 11.6. The van der Waals surface area contributed by atoms with Crippen LogP contribution in [0.15, 0.2) is 42.5 Å². The van der Waals surface area contributed by atoms with Crippen molar-refractivity contribution in [3.63, 3.8) is 0 Å². The van der Waals surface area contributed by atoms with Gasteiger partial charge >= 0.3 is 0 Å². The molecule has 1 heterocycles. The molecule has 1 amide bonds. The van der Waals surface area contributed by atoms with Crippen LogP contribution in [0.4, 0.5) is 5.69 Å². The highest BCUT2D eigenvalue weighted by Gasteiger charge is 2.23. The molecule has 156 valence electrons. The number of hydrogen-bond donors (Lipinski definition) is 0. The quantitative estimate of drug-likeness (QED) is 0.643. The lowest BCUT2D eigenvalue weighted by atomic mass is 10.1. The molecule has 1 fully saturated rings. The Bertz CT molecular complexity index is 817. The summed E-state index contributed by atoms with van der Waals surface area (Å²) in [6, 6.07) is 13.7. The molecule has 1 aliphatic rings. The van der Waals surface area contributed by atoms with Crippen LogP contribution in [0.1, 0.15) is 24.0 Å². The van der Waals surface area contributed by atoms with Crippen molar-refractivity contribution in [1.82, 2.24) is 4.90 Å². The summed E-state index contributed by atoms with van der Waals surface area (Å²) in [7, 11) is 4.02. The second-order valence-corrected chi connectivity index (χ2v) is 8.11. The highest BCUT2D eigenvalue weighted by atomic mass is 35.5. The molecular formula is C23H29ClN2O3. The predicted molar refractivity (Wildman–Crippen MR) is 117 cm³/mol. The summed E-state index contributed by atoms with van der Waals surface area (Å²) >= 11 is 6.00. The van der Waals surface area contributed by atoms with Crippen molar-refractivity contribution in [3.8, 4) is 5.75 Å². The SMILES string of the molecule is Cc1cc(Cl)ccc1OCC(=O)N(Cc1ccc(N(C)C)cc1)C[C@@H]1CCCO1. The van der Waals surface area contributed by atoms with E-state index in [1.54, 1.807) is 12.1 Å². The van der Waals surface area contributed by atoms with E-state index in [0.717, 1.165) is 36.3 Å². The average molecular weight is 417 g/mol. The zero-order chi connectivity index (χ0) is 20.8. The van der Waals surface area contributed by atoms with E-state index in [-0.39, 0.29) is 18.6 Å². The van der Waals surface area contributed by atoms with Crippen LogP contribution in [0.25, 0.3) is 0 Å². The van der Waals surface area contributed by atoms with Gasteiger partial charge in [0.25, 0.3) is 5.91 Å². The molecule has 0 aliphatic carbocycles. The normalized spacial score (nSPS) is 15.9. The number of amides is 1. The molecule has 2 aromatic rings. The van der Waals surface area contributed by atoms with Gasteiger partial charge in [-0.05, 0) is 61.2 Å². The summed E-state index contributed by atoms with van der Waals surface area (Å²) in [5, 5.41) is 0.655. The smallest absolute Gasteiger partial charge is 0.260 e. The van der Waals surface area contributed by atoms with Crippen LogP contribution < -0.4 is 9.64 Å². The molecule has 2 aromatic carbocycles. The highest BCUT2D eigenvalue weighted by molar-refractivity contribution is 6.30. The summed E-state index contributed by atoms with van der Waals surface area (Å²) in [4.78, 5) is 16.9. The van der Waals surface area contributed by atoms with Gasteiger partial charge in [0.2, 0.25) is 0 Å². The molecule has 0 aromatic heterocycles. The van der Waals surface area contributed by atoms with Crippen LogP contribution in [0.3, 0.4) is 0 Å². The van der Waals surface area contributed by atoms with E-state index in [2.05, 4.69) is 29.2 Å². The predicted octanol–water partition coefficient (Wildman–Crippen LogP) is 4.30. The number of carbonyl (C=O) groups is 1. The number of hydrogen-bond acceptors (Lipinski definition) is 4. The van der Waals surface area contributed by atoms with E-state index in [0.29, 0.717) is 23.9 Å². The fourth-order valence-electron chi connectivity index (χ4n) is 3.41. The number of ether oxygens (including phenoxy) is 2. The van der Waals surface area contributed by atoms with Gasteiger partial charge in [0.15, 0.2) is 6.61 Å². The van der Waals surface area contributed by atoms with E-state index in [1.165, 1.54) is 0 Å². The third kappa shape index (κ3) is 6.12. The van der Waals surface area contributed by atoms with Gasteiger partial charge in [-0.3, -0.25) is 4.79 Å². The van der Waals surface area contributed by atoms with Crippen LogP contribution in [-0.2, 0) is 16.1 Å². The fraction of sp³-hybridized carbons (Fsp3) is 0.435. The van der Waals surface area contributed by atoms with Crippen molar-refractivity contribution in [2.45, 2.75) is 32.4 Å². The molecule has 1 atom stereocenters. The van der Waals surface area contributed by atoms with Gasteiger partial charge < -0.3 is 19.3 Å². The number of benzene rings is 2. The summed E-state index contributed by atoms with van der Waals surface area (Å²) in [5.41, 5.74) is 3.13. The van der Waals surface area contributed by atoms with E-state index in [9.17, 15) is 4.79 Å². The lowest BCUT2D eigenvalue weighted by molar-refractivity contribution is -0.135. The van der Waals surface area contributed by atoms with Gasteiger partial charge in [0.1, 0.15) is 5.75 Å². The van der Waals surface area contributed by atoms with E-state index >= 15 is 0 Å². The average Bonchev–Trinajstić information content (AvgIpc) is 3.20. The Morgan fingerprint density at radius 1 is 1.21 bits per heavy atom. The third-order valence-electron chi connectivity index (χ3n) is 5.12. The Balaban J connectivity index is 1.67. The first-order valence-electron chi connectivity index (χ1n) is 9.97. The highest BCUT2D eigenvalue weighted by Crippen LogP contribution is 2.22. The molecule has 0 bridgehead atoms. The molecule has 5 nitrogen and oxygen atoms in total. The van der Waals surface area contributed by atoms with Crippen molar-refractivity contribution < 1.29 is 14.3 Å². The first-order chi connectivity index (χ1) is 13.9. The molecule has 1 saturated heterocycles. The standard InChI is InChI=1S/C23H29ClN2O3/c1-17-13-19(24)8-11-22(17)29-16-23(27)26(15-21-5-4-12-28-21)14-18-6-9-20(10-7-18)25(2)3/h6-11,13,21H,4-5,12,14-16H2,1-3H3/t21-/m0/s1. The lowest BCUT2D eigenvalue weighted by Crippen LogP contribution is -2.39. The van der Waals surface area contributed by atoms with E-state index in [4.69, 9.17) is 21.1 Å². The maximum absolute atomic E-state index is 13.0. The summed E-state index contributed by atoms with van der Waals surface area (Å²) in [6.45, 7) is 3.80. The maximum atomic E-state index is 13.0. The lowest BCUT2D eigenvalue weighted by Gasteiger charge is -2.26. The summed E-state index contributed by atoms with van der Waals surface area (Å²) in [5.74, 6) is 0.627. The molecule has 0 N–H and O–H groups in total. The molecule has 0 saturated carbocycles. The van der Waals surface area contributed by atoms with Crippen LogP contribution in [0.2, 0.25) is 5.02 Å². The molecule has 1 aliphatic heterocycles. The molecule has 0 radical (unpaired) electrons. The molecule has 0 unspecified atom stereocenters. The largest absolute Gasteiger partial charge is 0.483 e. The number of carbonyl (C=O) groups excluding carboxylic acids is 1. The fourth-order valence-corrected chi connectivity index (χ4v) is 3.64. The molecule has 29 heavy (non-hydrogen) atoms.